The molecule has 0 aliphatic carbocycles. The number of nitrogens with zero attached hydrogens (tertiary/aromatic N) is 2. The molecular formula is C19H25N3O2S. The maximum atomic E-state index is 13.0. The maximum absolute atomic E-state index is 13.0. The number of amides is 1. The van der Waals surface area contributed by atoms with Crippen LogP contribution in [0.1, 0.15) is 56.9 Å². The summed E-state index contributed by atoms with van der Waals surface area (Å²) in [5.74, 6) is 1.37. The van der Waals surface area contributed by atoms with Gasteiger partial charge in [0.1, 0.15) is 5.82 Å². The van der Waals surface area contributed by atoms with Crippen molar-refractivity contribution < 1.29 is 9.00 Å². The molecule has 1 aromatic carbocycles. The molecule has 1 aliphatic heterocycles. The number of rotatable bonds is 4. The Morgan fingerprint density at radius 3 is 2.56 bits per heavy atom. The highest BCUT2D eigenvalue weighted by Gasteiger charge is 2.32. The number of fused-ring (bicyclic) bond motifs is 1. The molecule has 0 spiro atoms. The van der Waals surface area contributed by atoms with Gasteiger partial charge < -0.3 is 5.32 Å². The number of carbonyl (C=O) groups excluding carboxylic acids is 1. The zero-order chi connectivity index (χ0) is 18.2. The second-order valence-electron chi connectivity index (χ2n) is 7.45. The molecule has 1 amide bonds. The van der Waals surface area contributed by atoms with Crippen molar-refractivity contribution in [2.45, 2.75) is 57.1 Å². The molecule has 0 unspecified atom stereocenters. The van der Waals surface area contributed by atoms with Crippen LogP contribution in [0.15, 0.2) is 30.3 Å². The monoisotopic (exact) mass is 359 g/mol. The number of aromatic nitrogens is 2. The molecule has 0 radical (unpaired) electrons. The highest BCUT2D eigenvalue weighted by Crippen LogP contribution is 2.34. The second-order valence-corrected chi connectivity index (χ2v) is 8.90. The van der Waals surface area contributed by atoms with Gasteiger partial charge >= 0.3 is 0 Å². The van der Waals surface area contributed by atoms with Crippen molar-refractivity contribution in [3.63, 3.8) is 0 Å². The Morgan fingerprint density at radius 1 is 1.28 bits per heavy atom. The molecule has 134 valence electrons. The van der Waals surface area contributed by atoms with Gasteiger partial charge in [-0.25, -0.2) is 4.68 Å². The van der Waals surface area contributed by atoms with E-state index in [0.29, 0.717) is 23.7 Å². The van der Waals surface area contributed by atoms with Gasteiger partial charge in [0.2, 0.25) is 5.91 Å². The van der Waals surface area contributed by atoms with Crippen molar-refractivity contribution in [1.82, 2.24) is 9.78 Å². The van der Waals surface area contributed by atoms with Crippen molar-refractivity contribution in [2.24, 2.45) is 0 Å². The minimum atomic E-state index is -0.924. The van der Waals surface area contributed by atoms with Crippen LogP contribution in [0.2, 0.25) is 0 Å². The van der Waals surface area contributed by atoms with E-state index in [4.69, 9.17) is 0 Å². The molecule has 2 heterocycles. The highest BCUT2D eigenvalue weighted by molar-refractivity contribution is 7.83. The van der Waals surface area contributed by atoms with E-state index in [9.17, 15) is 9.00 Å². The molecule has 1 aliphatic rings. The molecule has 3 rings (SSSR count). The van der Waals surface area contributed by atoms with Crippen molar-refractivity contribution >= 4 is 22.5 Å². The van der Waals surface area contributed by atoms with Gasteiger partial charge in [0, 0.05) is 16.4 Å². The lowest BCUT2D eigenvalue weighted by atomic mass is 9.95. The van der Waals surface area contributed by atoms with Crippen LogP contribution < -0.4 is 5.32 Å². The normalized spacial score (nSPS) is 18.0. The van der Waals surface area contributed by atoms with Gasteiger partial charge in [-0.3, -0.25) is 9.00 Å². The van der Waals surface area contributed by atoms with Crippen LogP contribution in [0.3, 0.4) is 0 Å². The zero-order valence-electron chi connectivity index (χ0n) is 15.2. The molecule has 1 N–H and O–H groups in total. The lowest BCUT2D eigenvalue weighted by Gasteiger charge is -2.24. The van der Waals surface area contributed by atoms with Crippen LogP contribution >= 0.6 is 0 Å². The first-order valence-corrected chi connectivity index (χ1v) is 10.1. The first-order valence-electron chi connectivity index (χ1n) is 8.63. The number of benzene rings is 1. The third kappa shape index (κ3) is 3.54. The number of nitrogens with one attached hydrogen (secondary N) is 1. The molecule has 6 heteroatoms. The van der Waals surface area contributed by atoms with Gasteiger partial charge in [-0.05, 0) is 32.8 Å². The average Bonchev–Trinajstić information content (AvgIpc) is 3.06. The molecule has 0 saturated carbocycles. The zero-order valence-corrected chi connectivity index (χ0v) is 16.0. The summed E-state index contributed by atoms with van der Waals surface area (Å²) in [6.07, 6.45) is 0.716. The summed E-state index contributed by atoms with van der Waals surface area (Å²) in [6.45, 7) is 8.17. The van der Waals surface area contributed by atoms with Crippen LogP contribution in [0.4, 0.5) is 5.82 Å². The molecule has 5 nitrogen and oxygen atoms in total. The third-order valence-corrected chi connectivity index (χ3v) is 5.68. The second kappa shape index (κ2) is 6.75. The largest absolute Gasteiger partial charge is 0.310 e. The molecular weight excluding hydrogens is 334 g/mol. The Balaban J connectivity index is 1.94. The Morgan fingerprint density at radius 2 is 1.96 bits per heavy atom. The quantitative estimate of drug-likeness (QED) is 0.908. The van der Waals surface area contributed by atoms with E-state index in [0.717, 1.165) is 16.8 Å². The Kier molecular flexibility index (Phi) is 4.82. The van der Waals surface area contributed by atoms with Gasteiger partial charge in [0.05, 0.1) is 28.7 Å². The minimum absolute atomic E-state index is 0.0421. The lowest BCUT2D eigenvalue weighted by Crippen LogP contribution is -2.29. The fraction of sp³-hybridized carbons (Fsp3) is 0.474. The van der Waals surface area contributed by atoms with E-state index in [1.807, 2.05) is 41.9 Å². The predicted molar refractivity (Wildman–Crippen MR) is 101 cm³/mol. The van der Waals surface area contributed by atoms with E-state index in [1.165, 1.54) is 0 Å². The van der Waals surface area contributed by atoms with Gasteiger partial charge in [-0.1, -0.05) is 37.3 Å². The molecule has 0 bridgehead atoms. The SMILES string of the molecule is CC[C@H](C(=O)Nc1c2c(nn1C(C)(C)C)C[S@@](=O)C2)c1ccccc1. The van der Waals surface area contributed by atoms with Crippen molar-refractivity contribution in [3.05, 3.63) is 47.2 Å². The van der Waals surface area contributed by atoms with E-state index in [2.05, 4.69) is 31.2 Å². The minimum Gasteiger partial charge on any atom is -0.310 e. The molecule has 25 heavy (non-hydrogen) atoms. The maximum Gasteiger partial charge on any atom is 0.233 e. The van der Waals surface area contributed by atoms with Gasteiger partial charge in [-0.15, -0.1) is 0 Å². The summed E-state index contributed by atoms with van der Waals surface area (Å²) in [6, 6.07) is 9.81. The van der Waals surface area contributed by atoms with Gasteiger partial charge in [-0.2, -0.15) is 5.10 Å². The Bertz CT molecular complexity index is 806. The van der Waals surface area contributed by atoms with Gasteiger partial charge in [0.25, 0.3) is 0 Å². The first kappa shape index (κ1) is 17.9. The summed E-state index contributed by atoms with van der Waals surface area (Å²) < 4.78 is 13.8. The summed E-state index contributed by atoms with van der Waals surface area (Å²) in [5, 5.41) is 7.73. The van der Waals surface area contributed by atoms with E-state index in [-0.39, 0.29) is 17.4 Å². The van der Waals surface area contributed by atoms with Crippen LogP contribution in [-0.2, 0) is 32.6 Å². The standard InChI is InChI=1S/C19H25N3O2S/c1-5-14(13-9-7-6-8-10-13)18(23)20-17-15-11-25(24)12-16(15)21-22(17)19(2,3)4/h6-10,14H,5,11-12H2,1-4H3,(H,20,23)/t14-,25-/m0/s1. The summed E-state index contributed by atoms with van der Waals surface area (Å²) >= 11 is 0. The van der Waals surface area contributed by atoms with Crippen LogP contribution in [-0.4, -0.2) is 19.9 Å². The third-order valence-electron chi connectivity index (χ3n) is 4.47. The van der Waals surface area contributed by atoms with Gasteiger partial charge in [0.15, 0.2) is 0 Å². The summed E-state index contributed by atoms with van der Waals surface area (Å²) in [7, 11) is -0.924. The number of anilines is 1. The summed E-state index contributed by atoms with van der Waals surface area (Å²) in [5.41, 5.74) is 2.51. The molecule has 0 fully saturated rings. The molecule has 2 aromatic rings. The van der Waals surface area contributed by atoms with E-state index < -0.39 is 10.8 Å². The fourth-order valence-corrected chi connectivity index (χ4v) is 4.47. The van der Waals surface area contributed by atoms with Crippen LogP contribution in [0.25, 0.3) is 0 Å². The van der Waals surface area contributed by atoms with Crippen molar-refractivity contribution in [1.29, 1.82) is 0 Å². The molecule has 0 saturated heterocycles. The smallest absolute Gasteiger partial charge is 0.233 e. The van der Waals surface area contributed by atoms with Crippen LogP contribution in [0, 0.1) is 0 Å². The first-order chi connectivity index (χ1) is 11.8. The van der Waals surface area contributed by atoms with Crippen LogP contribution in [0.5, 0.6) is 0 Å². The topological polar surface area (TPSA) is 64.0 Å². The predicted octanol–water partition coefficient (Wildman–Crippen LogP) is 3.53. The van der Waals surface area contributed by atoms with E-state index >= 15 is 0 Å². The number of hydrogen-bond donors (Lipinski definition) is 1. The average molecular weight is 359 g/mol. The lowest BCUT2D eigenvalue weighted by molar-refractivity contribution is -0.117. The molecule has 2 atom stereocenters. The number of carbonyl (C=O) groups is 1. The van der Waals surface area contributed by atoms with Crippen molar-refractivity contribution in [2.75, 3.05) is 5.32 Å². The summed E-state index contributed by atoms with van der Waals surface area (Å²) in [4.78, 5) is 13.0. The molecule has 1 aromatic heterocycles. The van der Waals surface area contributed by atoms with E-state index in [1.54, 1.807) is 0 Å². The number of hydrogen-bond acceptors (Lipinski definition) is 3. The Hall–Kier alpha value is -1.95. The highest BCUT2D eigenvalue weighted by atomic mass is 32.2. The van der Waals surface area contributed by atoms with Crippen molar-refractivity contribution in [3.8, 4) is 0 Å². The fourth-order valence-electron chi connectivity index (χ4n) is 3.20. The Labute approximate surface area is 151 Å².